The molecule has 1 N–H and O–H groups in total. The van der Waals surface area contributed by atoms with E-state index in [-0.39, 0.29) is 18.7 Å². The summed E-state index contributed by atoms with van der Waals surface area (Å²) in [6.07, 6.45) is -0.159. The molecule has 3 rings (SSSR count). The normalized spacial score (nSPS) is 19.0. The third-order valence-electron chi connectivity index (χ3n) is 4.29. The van der Waals surface area contributed by atoms with E-state index in [1.807, 2.05) is 19.1 Å². The van der Waals surface area contributed by atoms with Crippen molar-refractivity contribution in [2.75, 3.05) is 6.61 Å². The lowest BCUT2D eigenvalue weighted by atomic mass is 9.96. The Morgan fingerprint density at radius 3 is 2.41 bits per heavy atom. The van der Waals surface area contributed by atoms with E-state index in [2.05, 4.69) is 5.10 Å². The average Bonchev–Trinajstić information content (AvgIpc) is 3.01. The van der Waals surface area contributed by atoms with Gasteiger partial charge in [-0.15, -0.1) is 0 Å². The number of ether oxygens (including phenoxy) is 1. The van der Waals surface area contributed by atoms with Crippen LogP contribution in [0.2, 0.25) is 5.02 Å². The Morgan fingerprint density at radius 1 is 1.19 bits per heavy atom. The SMILES string of the molecule is CCOC(=O)C1=NN(C(=O)c2ccc(Cl)cc2)[C@](O)(c2ccc(C)cc2)C1. The molecule has 1 amide bonds. The summed E-state index contributed by atoms with van der Waals surface area (Å²) in [4.78, 5) is 25.2. The van der Waals surface area contributed by atoms with E-state index in [1.54, 1.807) is 31.2 Å². The van der Waals surface area contributed by atoms with Crippen molar-refractivity contribution in [3.8, 4) is 0 Å². The molecule has 6 nitrogen and oxygen atoms in total. The first-order valence-corrected chi connectivity index (χ1v) is 8.87. The van der Waals surface area contributed by atoms with Crippen LogP contribution in [-0.4, -0.2) is 34.3 Å². The highest BCUT2D eigenvalue weighted by atomic mass is 35.5. The topological polar surface area (TPSA) is 79.2 Å². The van der Waals surface area contributed by atoms with Crippen molar-refractivity contribution >= 4 is 29.2 Å². The van der Waals surface area contributed by atoms with Gasteiger partial charge in [0.1, 0.15) is 0 Å². The number of aliphatic hydroxyl groups is 1. The second kappa shape index (κ2) is 7.50. The van der Waals surface area contributed by atoms with Gasteiger partial charge in [-0.1, -0.05) is 41.4 Å². The zero-order valence-electron chi connectivity index (χ0n) is 15.0. The van der Waals surface area contributed by atoms with Crippen molar-refractivity contribution in [3.63, 3.8) is 0 Å². The van der Waals surface area contributed by atoms with Crippen molar-refractivity contribution < 1.29 is 19.4 Å². The molecule has 27 heavy (non-hydrogen) atoms. The summed E-state index contributed by atoms with van der Waals surface area (Å²) in [6.45, 7) is 3.77. The Kier molecular flexibility index (Phi) is 5.30. The largest absolute Gasteiger partial charge is 0.461 e. The molecule has 140 valence electrons. The molecule has 7 heteroatoms. The van der Waals surface area contributed by atoms with Crippen LogP contribution in [0.5, 0.6) is 0 Å². The molecule has 0 spiro atoms. The van der Waals surface area contributed by atoms with Crippen molar-refractivity contribution in [2.24, 2.45) is 5.10 Å². The van der Waals surface area contributed by atoms with Gasteiger partial charge in [-0.3, -0.25) is 4.79 Å². The minimum absolute atomic E-state index is 0.0118. The molecule has 2 aromatic rings. The third kappa shape index (κ3) is 3.72. The van der Waals surface area contributed by atoms with Gasteiger partial charge in [-0.05, 0) is 38.1 Å². The molecule has 0 saturated heterocycles. The lowest BCUT2D eigenvalue weighted by molar-refractivity contribution is -0.135. The molecule has 0 unspecified atom stereocenters. The number of carbonyl (C=O) groups is 2. The second-order valence-electron chi connectivity index (χ2n) is 6.25. The molecule has 0 aromatic heterocycles. The molecule has 1 heterocycles. The monoisotopic (exact) mass is 386 g/mol. The molecule has 0 aliphatic carbocycles. The molecule has 0 radical (unpaired) electrons. The molecule has 1 aliphatic rings. The molecular formula is C20H19ClN2O4. The summed E-state index contributed by atoms with van der Waals surface area (Å²) in [5.74, 6) is -1.21. The zero-order valence-corrected chi connectivity index (χ0v) is 15.7. The van der Waals surface area contributed by atoms with Gasteiger partial charge < -0.3 is 9.84 Å². The molecule has 1 aliphatic heterocycles. The fourth-order valence-electron chi connectivity index (χ4n) is 2.85. The van der Waals surface area contributed by atoms with Gasteiger partial charge in [0.2, 0.25) is 0 Å². The number of esters is 1. The van der Waals surface area contributed by atoms with Crippen molar-refractivity contribution in [1.82, 2.24) is 5.01 Å². The fourth-order valence-corrected chi connectivity index (χ4v) is 2.97. The number of amides is 1. The molecule has 2 aromatic carbocycles. The maximum Gasteiger partial charge on any atom is 0.354 e. The first-order valence-electron chi connectivity index (χ1n) is 8.49. The van der Waals surface area contributed by atoms with Gasteiger partial charge in [0.25, 0.3) is 5.91 Å². The number of rotatable bonds is 4. The molecule has 1 atom stereocenters. The Morgan fingerprint density at radius 2 is 1.81 bits per heavy atom. The van der Waals surface area contributed by atoms with E-state index in [0.717, 1.165) is 10.6 Å². The number of aryl methyl sites for hydroxylation is 1. The van der Waals surface area contributed by atoms with Crippen molar-refractivity contribution in [3.05, 3.63) is 70.2 Å². The number of carbonyl (C=O) groups excluding carboxylic acids is 2. The number of hydrazone groups is 1. The summed E-state index contributed by atoms with van der Waals surface area (Å²) in [7, 11) is 0. The summed E-state index contributed by atoms with van der Waals surface area (Å²) in [6, 6.07) is 13.3. The molecule has 0 saturated carbocycles. The van der Waals surface area contributed by atoms with Crippen LogP contribution in [0.1, 0.15) is 34.8 Å². The summed E-state index contributed by atoms with van der Waals surface area (Å²) in [5.41, 5.74) is -0.0473. The number of nitrogens with zero attached hydrogens (tertiary/aromatic N) is 2. The maximum atomic E-state index is 13.0. The lowest BCUT2D eigenvalue weighted by Gasteiger charge is -2.31. The molecular weight excluding hydrogens is 368 g/mol. The van der Waals surface area contributed by atoms with E-state index in [4.69, 9.17) is 16.3 Å². The second-order valence-corrected chi connectivity index (χ2v) is 6.69. The van der Waals surface area contributed by atoms with Crippen molar-refractivity contribution in [1.29, 1.82) is 0 Å². The summed E-state index contributed by atoms with van der Waals surface area (Å²) < 4.78 is 4.99. The minimum Gasteiger partial charge on any atom is -0.461 e. The van der Waals surface area contributed by atoms with E-state index < -0.39 is 17.6 Å². The fraction of sp³-hybridized carbons (Fsp3) is 0.250. The standard InChI is InChI=1S/C20H19ClN2O4/c1-3-27-19(25)17-12-20(26,15-8-4-13(2)5-9-15)23(22-17)18(24)14-6-10-16(21)11-7-14/h4-11,26H,3,12H2,1-2H3/t20-/m1/s1. The van der Waals surface area contributed by atoms with Gasteiger partial charge in [-0.2, -0.15) is 10.1 Å². The third-order valence-corrected chi connectivity index (χ3v) is 4.55. The van der Waals surface area contributed by atoms with Gasteiger partial charge in [0.05, 0.1) is 13.0 Å². The lowest BCUT2D eigenvalue weighted by Crippen LogP contribution is -2.43. The van der Waals surface area contributed by atoms with Gasteiger partial charge in [0.15, 0.2) is 11.4 Å². The van der Waals surface area contributed by atoms with Crippen LogP contribution in [0.4, 0.5) is 0 Å². The van der Waals surface area contributed by atoms with E-state index in [0.29, 0.717) is 16.1 Å². The Labute approximate surface area is 162 Å². The predicted octanol–water partition coefficient (Wildman–Crippen LogP) is 3.26. The van der Waals surface area contributed by atoms with Crippen LogP contribution in [0.25, 0.3) is 0 Å². The highest BCUT2D eigenvalue weighted by molar-refractivity contribution is 6.37. The summed E-state index contributed by atoms with van der Waals surface area (Å²) >= 11 is 5.88. The Bertz CT molecular complexity index is 893. The minimum atomic E-state index is -1.79. The number of halogens is 1. The number of hydrogen-bond acceptors (Lipinski definition) is 5. The van der Waals surface area contributed by atoms with Crippen LogP contribution in [0.15, 0.2) is 53.6 Å². The van der Waals surface area contributed by atoms with Crippen LogP contribution >= 0.6 is 11.6 Å². The van der Waals surface area contributed by atoms with Crippen LogP contribution in [0, 0.1) is 6.92 Å². The predicted molar refractivity (Wildman–Crippen MR) is 101 cm³/mol. The van der Waals surface area contributed by atoms with E-state index in [1.165, 1.54) is 12.1 Å². The Balaban J connectivity index is 2.03. The smallest absolute Gasteiger partial charge is 0.354 e. The molecule has 0 fully saturated rings. The van der Waals surface area contributed by atoms with Gasteiger partial charge in [-0.25, -0.2) is 4.79 Å². The van der Waals surface area contributed by atoms with E-state index in [9.17, 15) is 14.7 Å². The van der Waals surface area contributed by atoms with E-state index >= 15 is 0 Å². The van der Waals surface area contributed by atoms with Gasteiger partial charge >= 0.3 is 5.97 Å². The highest BCUT2D eigenvalue weighted by Gasteiger charge is 2.48. The highest BCUT2D eigenvalue weighted by Crippen LogP contribution is 2.37. The van der Waals surface area contributed by atoms with Crippen LogP contribution < -0.4 is 0 Å². The first-order chi connectivity index (χ1) is 12.8. The van der Waals surface area contributed by atoms with Crippen LogP contribution in [0.3, 0.4) is 0 Å². The van der Waals surface area contributed by atoms with Gasteiger partial charge in [0, 0.05) is 16.1 Å². The maximum absolute atomic E-state index is 13.0. The summed E-state index contributed by atoms with van der Waals surface area (Å²) in [5, 5.41) is 16.9. The zero-order chi connectivity index (χ0) is 19.6. The number of hydrogen-bond donors (Lipinski definition) is 1. The first kappa shape index (κ1) is 19.1. The molecule has 0 bridgehead atoms. The average molecular weight is 387 g/mol. The van der Waals surface area contributed by atoms with Crippen molar-refractivity contribution in [2.45, 2.75) is 26.0 Å². The number of benzene rings is 2. The Hall–Kier alpha value is -2.70. The quantitative estimate of drug-likeness (QED) is 0.818. The van der Waals surface area contributed by atoms with Crippen LogP contribution in [-0.2, 0) is 15.3 Å².